The van der Waals surface area contributed by atoms with Crippen LogP contribution in [0.15, 0.2) is 30.5 Å². The zero-order chi connectivity index (χ0) is 17.7. The van der Waals surface area contributed by atoms with Crippen LogP contribution >= 0.6 is 0 Å². The Bertz CT molecular complexity index is 708. The largest absolute Gasteiger partial charge is 0.464 e. The summed E-state index contributed by atoms with van der Waals surface area (Å²) in [6.45, 7) is 5.73. The van der Waals surface area contributed by atoms with E-state index in [2.05, 4.69) is 10.3 Å². The van der Waals surface area contributed by atoms with Crippen LogP contribution in [-0.2, 0) is 20.7 Å². The number of hydrogen-bond acceptors (Lipinski definition) is 4. The molecular formula is C18H25N3O3. The number of carbonyl (C=O) groups excluding carboxylic acids is 2. The molecule has 6 heteroatoms. The van der Waals surface area contributed by atoms with E-state index < -0.39 is 18.1 Å². The zero-order valence-corrected chi connectivity index (χ0v) is 14.3. The molecule has 130 valence electrons. The molecule has 0 bridgehead atoms. The molecule has 0 aliphatic rings. The second kappa shape index (κ2) is 7.97. The number of benzene rings is 1. The Morgan fingerprint density at radius 3 is 2.67 bits per heavy atom. The number of rotatable bonds is 7. The van der Waals surface area contributed by atoms with Crippen molar-refractivity contribution in [3.63, 3.8) is 0 Å². The Morgan fingerprint density at radius 1 is 1.29 bits per heavy atom. The monoisotopic (exact) mass is 331 g/mol. The summed E-state index contributed by atoms with van der Waals surface area (Å²) < 4.78 is 5.10. The molecule has 2 rings (SSSR count). The van der Waals surface area contributed by atoms with E-state index in [9.17, 15) is 9.59 Å². The summed E-state index contributed by atoms with van der Waals surface area (Å²) in [6.07, 6.45) is 2.20. The van der Waals surface area contributed by atoms with Crippen LogP contribution in [0.25, 0.3) is 10.9 Å². The van der Waals surface area contributed by atoms with E-state index in [0.29, 0.717) is 6.42 Å². The second-order valence-electron chi connectivity index (χ2n) is 6.15. The van der Waals surface area contributed by atoms with Gasteiger partial charge in [-0.1, -0.05) is 32.0 Å². The number of aromatic nitrogens is 1. The van der Waals surface area contributed by atoms with Crippen LogP contribution in [0, 0.1) is 5.92 Å². The molecule has 0 aliphatic heterocycles. The van der Waals surface area contributed by atoms with Gasteiger partial charge >= 0.3 is 5.97 Å². The number of nitrogens with two attached hydrogens (primary N) is 1. The smallest absolute Gasteiger partial charge is 0.328 e. The van der Waals surface area contributed by atoms with E-state index in [4.69, 9.17) is 10.5 Å². The molecule has 2 aromatic rings. The maximum Gasteiger partial charge on any atom is 0.328 e. The van der Waals surface area contributed by atoms with Crippen molar-refractivity contribution >= 4 is 22.8 Å². The Kier molecular flexibility index (Phi) is 5.98. The summed E-state index contributed by atoms with van der Waals surface area (Å²) in [6, 6.07) is 6.39. The van der Waals surface area contributed by atoms with Crippen molar-refractivity contribution in [2.45, 2.75) is 39.3 Å². The standard InChI is InChI=1S/C18H25N3O3/c1-4-24-18(23)15(21-17(22)16(19)11(2)3)9-12-10-20-14-8-6-5-7-13(12)14/h5-8,10-11,15-16,20H,4,9,19H2,1-3H3,(H,21,22)/t15-,16-/m0/s1. The molecule has 0 fully saturated rings. The highest BCUT2D eigenvalue weighted by atomic mass is 16.5. The van der Waals surface area contributed by atoms with Gasteiger partial charge in [-0.3, -0.25) is 4.79 Å². The van der Waals surface area contributed by atoms with Gasteiger partial charge in [-0.25, -0.2) is 4.79 Å². The Labute approximate surface area is 141 Å². The zero-order valence-electron chi connectivity index (χ0n) is 14.3. The minimum atomic E-state index is -0.763. The van der Waals surface area contributed by atoms with Gasteiger partial charge < -0.3 is 20.8 Å². The Hall–Kier alpha value is -2.34. The number of fused-ring (bicyclic) bond motifs is 1. The first-order valence-electron chi connectivity index (χ1n) is 8.21. The maximum atomic E-state index is 12.2. The molecule has 4 N–H and O–H groups in total. The van der Waals surface area contributed by atoms with E-state index in [1.165, 1.54) is 0 Å². The normalized spacial score (nSPS) is 13.7. The SMILES string of the molecule is CCOC(=O)[C@H](Cc1c[nH]c2ccccc12)NC(=O)[C@@H](N)C(C)C. The molecule has 0 saturated heterocycles. The lowest BCUT2D eigenvalue weighted by molar-refractivity contribution is -0.147. The van der Waals surface area contributed by atoms with Gasteiger partial charge in [0.15, 0.2) is 0 Å². The van der Waals surface area contributed by atoms with E-state index in [1.807, 2.05) is 44.3 Å². The van der Waals surface area contributed by atoms with Crippen molar-refractivity contribution in [1.82, 2.24) is 10.3 Å². The lowest BCUT2D eigenvalue weighted by Crippen LogP contribution is -2.51. The summed E-state index contributed by atoms with van der Waals surface area (Å²) >= 11 is 0. The average molecular weight is 331 g/mol. The summed E-state index contributed by atoms with van der Waals surface area (Å²) in [7, 11) is 0. The summed E-state index contributed by atoms with van der Waals surface area (Å²) in [5, 5.41) is 3.76. The first kappa shape index (κ1) is 18.0. The van der Waals surface area contributed by atoms with Crippen LogP contribution in [0.4, 0.5) is 0 Å². The molecule has 0 saturated carbocycles. The molecule has 0 aliphatic carbocycles. The Morgan fingerprint density at radius 2 is 2.00 bits per heavy atom. The van der Waals surface area contributed by atoms with Gasteiger partial charge in [0, 0.05) is 23.5 Å². The number of nitrogens with one attached hydrogen (secondary N) is 2. The molecule has 1 aromatic carbocycles. The first-order valence-corrected chi connectivity index (χ1v) is 8.21. The molecule has 1 aromatic heterocycles. The third kappa shape index (κ3) is 4.14. The molecular weight excluding hydrogens is 306 g/mol. The summed E-state index contributed by atoms with van der Waals surface area (Å²) in [5.41, 5.74) is 7.81. The van der Waals surface area contributed by atoms with Crippen molar-refractivity contribution in [2.75, 3.05) is 6.61 Å². The van der Waals surface area contributed by atoms with Crippen molar-refractivity contribution < 1.29 is 14.3 Å². The van der Waals surface area contributed by atoms with Gasteiger partial charge in [-0.05, 0) is 24.5 Å². The fraction of sp³-hybridized carbons (Fsp3) is 0.444. The van der Waals surface area contributed by atoms with Gasteiger partial charge in [0.2, 0.25) is 5.91 Å². The maximum absolute atomic E-state index is 12.2. The lowest BCUT2D eigenvalue weighted by Gasteiger charge is -2.21. The van der Waals surface area contributed by atoms with E-state index >= 15 is 0 Å². The first-order chi connectivity index (χ1) is 11.4. The van der Waals surface area contributed by atoms with E-state index in [1.54, 1.807) is 6.92 Å². The third-order valence-corrected chi connectivity index (χ3v) is 4.01. The number of H-pyrrole nitrogens is 1. The minimum Gasteiger partial charge on any atom is -0.464 e. The summed E-state index contributed by atoms with van der Waals surface area (Å²) in [5.74, 6) is -0.809. The number of ether oxygens (including phenoxy) is 1. The topological polar surface area (TPSA) is 97.2 Å². The highest BCUT2D eigenvalue weighted by Crippen LogP contribution is 2.19. The van der Waals surface area contributed by atoms with Gasteiger partial charge in [0.25, 0.3) is 0 Å². The fourth-order valence-corrected chi connectivity index (χ4v) is 2.53. The van der Waals surface area contributed by atoms with E-state index in [-0.39, 0.29) is 18.4 Å². The second-order valence-corrected chi connectivity index (χ2v) is 6.15. The highest BCUT2D eigenvalue weighted by Gasteiger charge is 2.27. The van der Waals surface area contributed by atoms with Crippen LogP contribution in [0.2, 0.25) is 0 Å². The molecule has 0 radical (unpaired) electrons. The number of aromatic amines is 1. The predicted molar refractivity (Wildman–Crippen MR) is 93.4 cm³/mol. The van der Waals surface area contributed by atoms with Gasteiger partial charge in [0.1, 0.15) is 6.04 Å². The molecule has 0 unspecified atom stereocenters. The van der Waals surface area contributed by atoms with Crippen LogP contribution in [-0.4, -0.2) is 35.6 Å². The van der Waals surface area contributed by atoms with Gasteiger partial charge in [-0.15, -0.1) is 0 Å². The van der Waals surface area contributed by atoms with Crippen LogP contribution < -0.4 is 11.1 Å². The molecule has 1 amide bonds. The fourth-order valence-electron chi connectivity index (χ4n) is 2.53. The van der Waals surface area contributed by atoms with E-state index in [0.717, 1.165) is 16.5 Å². The van der Waals surface area contributed by atoms with Crippen LogP contribution in [0.3, 0.4) is 0 Å². The quantitative estimate of drug-likeness (QED) is 0.673. The highest BCUT2D eigenvalue weighted by molar-refractivity contribution is 5.89. The number of hydrogen-bond donors (Lipinski definition) is 3. The predicted octanol–water partition coefficient (Wildman–Crippen LogP) is 1.74. The molecule has 6 nitrogen and oxygen atoms in total. The van der Waals surface area contributed by atoms with Gasteiger partial charge in [0.05, 0.1) is 12.6 Å². The number of carbonyl (C=O) groups is 2. The van der Waals surface area contributed by atoms with Crippen molar-refractivity contribution in [1.29, 1.82) is 0 Å². The Balaban J connectivity index is 2.20. The summed E-state index contributed by atoms with van der Waals surface area (Å²) in [4.78, 5) is 27.7. The lowest BCUT2D eigenvalue weighted by atomic mass is 10.0. The average Bonchev–Trinajstić information content (AvgIpc) is 2.96. The number of esters is 1. The third-order valence-electron chi connectivity index (χ3n) is 4.01. The van der Waals surface area contributed by atoms with Gasteiger partial charge in [-0.2, -0.15) is 0 Å². The molecule has 2 atom stereocenters. The number of amides is 1. The van der Waals surface area contributed by atoms with Crippen molar-refractivity contribution in [3.8, 4) is 0 Å². The minimum absolute atomic E-state index is 0.0130. The molecule has 0 spiro atoms. The molecule has 24 heavy (non-hydrogen) atoms. The molecule has 1 heterocycles. The van der Waals surface area contributed by atoms with Crippen molar-refractivity contribution in [2.24, 2.45) is 11.7 Å². The van der Waals surface area contributed by atoms with Crippen LogP contribution in [0.5, 0.6) is 0 Å². The van der Waals surface area contributed by atoms with Crippen molar-refractivity contribution in [3.05, 3.63) is 36.0 Å². The van der Waals surface area contributed by atoms with Crippen LogP contribution in [0.1, 0.15) is 26.3 Å². The number of para-hydroxylation sites is 1.